The van der Waals surface area contributed by atoms with Crippen molar-refractivity contribution >= 4 is 5.78 Å². The summed E-state index contributed by atoms with van der Waals surface area (Å²) in [4.78, 5) is 12.2. The van der Waals surface area contributed by atoms with E-state index in [2.05, 4.69) is 0 Å². The minimum atomic E-state index is 0.238. The van der Waals surface area contributed by atoms with Crippen LogP contribution in [0.3, 0.4) is 0 Å². The molecule has 0 saturated carbocycles. The second-order valence-electron chi connectivity index (χ2n) is 5.15. The molecule has 1 saturated heterocycles. The van der Waals surface area contributed by atoms with Crippen molar-refractivity contribution in [2.24, 2.45) is 5.73 Å². The van der Waals surface area contributed by atoms with Crippen LogP contribution in [0.4, 0.5) is 0 Å². The molecule has 3 nitrogen and oxygen atoms in total. The Morgan fingerprint density at radius 3 is 2.95 bits per heavy atom. The lowest BCUT2D eigenvalue weighted by Gasteiger charge is -2.10. The number of Topliss-reactive ketones (excluding diaryl/α,β-unsaturated/α-hetero) is 1. The molecule has 1 aromatic carbocycles. The molecule has 0 bridgehead atoms. The molecular formula is C16H23NO2. The van der Waals surface area contributed by atoms with Gasteiger partial charge >= 0.3 is 0 Å². The fourth-order valence-corrected chi connectivity index (χ4v) is 2.66. The Morgan fingerprint density at radius 2 is 2.21 bits per heavy atom. The van der Waals surface area contributed by atoms with Gasteiger partial charge < -0.3 is 10.5 Å². The number of ether oxygens (including phenoxy) is 1. The van der Waals surface area contributed by atoms with Crippen molar-refractivity contribution in [2.75, 3.05) is 13.2 Å². The number of hydrogen-bond donors (Lipinski definition) is 1. The standard InChI is InChI=1S/C16H23NO2/c17-11-10-13-5-1-2-8-15(13)16(18)9-3-6-14-7-4-12-19-14/h1-2,5,8,14H,3-4,6-7,9-12,17H2. The van der Waals surface area contributed by atoms with Gasteiger partial charge in [-0.1, -0.05) is 24.3 Å². The summed E-state index contributed by atoms with van der Waals surface area (Å²) in [6.07, 6.45) is 6.00. The second-order valence-corrected chi connectivity index (χ2v) is 5.15. The summed E-state index contributed by atoms with van der Waals surface area (Å²) in [5, 5.41) is 0. The largest absolute Gasteiger partial charge is 0.378 e. The van der Waals surface area contributed by atoms with Crippen LogP contribution in [0.15, 0.2) is 24.3 Å². The molecule has 19 heavy (non-hydrogen) atoms. The molecule has 0 spiro atoms. The second kappa shape index (κ2) is 7.41. The van der Waals surface area contributed by atoms with E-state index in [0.717, 1.165) is 49.8 Å². The Bertz CT molecular complexity index is 411. The molecule has 1 fully saturated rings. The van der Waals surface area contributed by atoms with Gasteiger partial charge in [-0.25, -0.2) is 0 Å². The van der Waals surface area contributed by atoms with Crippen molar-refractivity contribution in [3.8, 4) is 0 Å². The molecule has 0 radical (unpaired) electrons. The van der Waals surface area contributed by atoms with Gasteiger partial charge in [-0.3, -0.25) is 4.79 Å². The highest BCUT2D eigenvalue weighted by Gasteiger charge is 2.16. The van der Waals surface area contributed by atoms with Crippen molar-refractivity contribution in [1.82, 2.24) is 0 Å². The number of benzene rings is 1. The number of carbonyl (C=O) groups is 1. The maximum absolute atomic E-state index is 12.2. The minimum Gasteiger partial charge on any atom is -0.378 e. The molecule has 104 valence electrons. The number of ketones is 1. The van der Waals surface area contributed by atoms with Gasteiger partial charge in [0.15, 0.2) is 5.78 Å². The lowest BCUT2D eigenvalue weighted by atomic mass is 9.97. The number of nitrogens with two attached hydrogens (primary N) is 1. The lowest BCUT2D eigenvalue weighted by Crippen LogP contribution is -2.10. The number of carbonyl (C=O) groups excluding carboxylic acids is 1. The zero-order valence-corrected chi connectivity index (χ0v) is 11.4. The average Bonchev–Trinajstić information content (AvgIpc) is 2.93. The van der Waals surface area contributed by atoms with Crippen molar-refractivity contribution in [3.05, 3.63) is 35.4 Å². The maximum atomic E-state index is 12.2. The normalized spacial score (nSPS) is 18.7. The third kappa shape index (κ3) is 4.15. The molecule has 0 aliphatic carbocycles. The Hall–Kier alpha value is -1.19. The van der Waals surface area contributed by atoms with Crippen LogP contribution in [-0.4, -0.2) is 25.0 Å². The van der Waals surface area contributed by atoms with E-state index in [1.165, 1.54) is 0 Å². The smallest absolute Gasteiger partial charge is 0.163 e. The predicted octanol–water partition coefficient (Wildman–Crippen LogP) is 2.72. The minimum absolute atomic E-state index is 0.238. The van der Waals surface area contributed by atoms with Crippen LogP contribution in [0.1, 0.15) is 48.0 Å². The van der Waals surface area contributed by atoms with Crippen molar-refractivity contribution in [1.29, 1.82) is 0 Å². The summed E-state index contributed by atoms with van der Waals surface area (Å²) in [6.45, 7) is 1.47. The van der Waals surface area contributed by atoms with Gasteiger partial charge in [0.05, 0.1) is 6.10 Å². The van der Waals surface area contributed by atoms with Gasteiger partial charge in [0.2, 0.25) is 0 Å². The van der Waals surface area contributed by atoms with Gasteiger partial charge in [-0.2, -0.15) is 0 Å². The molecular weight excluding hydrogens is 238 g/mol. The highest BCUT2D eigenvalue weighted by atomic mass is 16.5. The average molecular weight is 261 g/mol. The molecule has 1 unspecified atom stereocenters. The molecule has 1 atom stereocenters. The number of hydrogen-bond acceptors (Lipinski definition) is 3. The first-order chi connectivity index (χ1) is 9.31. The molecule has 0 amide bonds. The third-order valence-electron chi connectivity index (χ3n) is 3.69. The van der Waals surface area contributed by atoms with Crippen LogP contribution in [0, 0.1) is 0 Å². The van der Waals surface area contributed by atoms with Gasteiger partial charge in [0.1, 0.15) is 0 Å². The van der Waals surface area contributed by atoms with E-state index >= 15 is 0 Å². The zero-order valence-electron chi connectivity index (χ0n) is 11.4. The highest BCUT2D eigenvalue weighted by molar-refractivity contribution is 5.97. The first-order valence-electron chi connectivity index (χ1n) is 7.24. The first kappa shape index (κ1) is 14.2. The van der Waals surface area contributed by atoms with Crippen LogP contribution in [0.25, 0.3) is 0 Å². The van der Waals surface area contributed by atoms with E-state index < -0.39 is 0 Å². The molecule has 0 aromatic heterocycles. The first-order valence-corrected chi connectivity index (χ1v) is 7.24. The monoisotopic (exact) mass is 261 g/mol. The van der Waals surface area contributed by atoms with Gasteiger partial charge in [0.25, 0.3) is 0 Å². The Balaban J connectivity index is 1.84. The van der Waals surface area contributed by atoms with Crippen LogP contribution in [0.2, 0.25) is 0 Å². The summed E-state index contributed by atoms with van der Waals surface area (Å²) in [7, 11) is 0. The van der Waals surface area contributed by atoms with Crippen molar-refractivity contribution in [3.63, 3.8) is 0 Å². The van der Waals surface area contributed by atoms with Gasteiger partial charge in [-0.05, 0) is 44.2 Å². The zero-order chi connectivity index (χ0) is 13.5. The van der Waals surface area contributed by atoms with Crippen molar-refractivity contribution in [2.45, 2.75) is 44.6 Å². The SMILES string of the molecule is NCCc1ccccc1C(=O)CCCC1CCCO1. The summed E-state index contributed by atoms with van der Waals surface area (Å²) in [5.41, 5.74) is 7.51. The van der Waals surface area contributed by atoms with Gasteiger partial charge in [0, 0.05) is 18.6 Å². The predicted molar refractivity (Wildman–Crippen MR) is 76.4 cm³/mol. The molecule has 1 aliphatic rings. The van der Waals surface area contributed by atoms with E-state index in [9.17, 15) is 4.79 Å². The maximum Gasteiger partial charge on any atom is 0.163 e. The van der Waals surface area contributed by atoms with E-state index in [-0.39, 0.29) is 5.78 Å². The van der Waals surface area contributed by atoms with E-state index in [1.54, 1.807) is 0 Å². The summed E-state index contributed by atoms with van der Waals surface area (Å²) in [5.74, 6) is 0.238. The lowest BCUT2D eigenvalue weighted by molar-refractivity contribution is 0.0922. The van der Waals surface area contributed by atoms with Crippen LogP contribution < -0.4 is 5.73 Å². The number of rotatable bonds is 7. The van der Waals surface area contributed by atoms with Crippen LogP contribution >= 0.6 is 0 Å². The molecule has 1 aliphatic heterocycles. The van der Waals surface area contributed by atoms with E-state index in [0.29, 0.717) is 19.1 Å². The van der Waals surface area contributed by atoms with E-state index in [4.69, 9.17) is 10.5 Å². The van der Waals surface area contributed by atoms with Crippen molar-refractivity contribution < 1.29 is 9.53 Å². The van der Waals surface area contributed by atoms with Crippen LogP contribution in [-0.2, 0) is 11.2 Å². The molecule has 1 heterocycles. The fourth-order valence-electron chi connectivity index (χ4n) is 2.66. The summed E-state index contributed by atoms with van der Waals surface area (Å²) < 4.78 is 5.57. The molecule has 2 rings (SSSR count). The quantitative estimate of drug-likeness (QED) is 0.768. The molecule has 3 heteroatoms. The Labute approximate surface area is 115 Å². The summed E-state index contributed by atoms with van der Waals surface area (Å²) in [6, 6.07) is 7.81. The topological polar surface area (TPSA) is 52.3 Å². The van der Waals surface area contributed by atoms with Gasteiger partial charge in [-0.15, -0.1) is 0 Å². The Morgan fingerprint density at radius 1 is 1.37 bits per heavy atom. The molecule has 1 aromatic rings. The van der Waals surface area contributed by atoms with Crippen LogP contribution in [0.5, 0.6) is 0 Å². The Kier molecular flexibility index (Phi) is 5.55. The summed E-state index contributed by atoms with van der Waals surface area (Å²) >= 11 is 0. The van der Waals surface area contributed by atoms with E-state index in [1.807, 2.05) is 24.3 Å². The molecule has 2 N–H and O–H groups in total. The fraction of sp³-hybridized carbons (Fsp3) is 0.562. The highest BCUT2D eigenvalue weighted by Crippen LogP contribution is 2.19. The third-order valence-corrected chi connectivity index (χ3v) is 3.69.